The summed E-state index contributed by atoms with van der Waals surface area (Å²) in [5.41, 5.74) is 0.668. The number of benzene rings is 1. The molecule has 0 atom stereocenters. The number of rotatable bonds is 3. The highest BCUT2D eigenvalue weighted by atomic mass is 16.7. The molecule has 0 N–H and O–H groups in total. The van der Waals surface area contributed by atoms with Gasteiger partial charge in [0.2, 0.25) is 0 Å². The van der Waals surface area contributed by atoms with E-state index in [1.165, 1.54) is 18.2 Å². The summed E-state index contributed by atoms with van der Waals surface area (Å²) < 4.78 is 10.2. The maximum absolute atomic E-state index is 10.7. The Morgan fingerprint density at radius 3 is 2.89 bits per heavy atom. The van der Waals surface area contributed by atoms with Gasteiger partial charge in [0.1, 0.15) is 5.75 Å². The molecule has 1 aromatic rings. The zero-order valence-corrected chi connectivity index (χ0v) is 9.12. The van der Waals surface area contributed by atoms with Crippen LogP contribution in [0.2, 0.25) is 0 Å². The van der Waals surface area contributed by atoms with E-state index >= 15 is 0 Å². The first kappa shape index (κ1) is 12.1. The fraction of sp³-hybridized carbons (Fsp3) is 0.182. The van der Waals surface area contributed by atoms with E-state index in [2.05, 4.69) is 0 Å². The SMILES string of the molecule is O=C([O-])/C=C/c1cc([N+](=O)[O-])cc2c1OCOC2. The lowest BCUT2D eigenvalue weighted by Crippen LogP contribution is -2.18. The van der Waals surface area contributed by atoms with Crippen molar-refractivity contribution in [1.82, 2.24) is 0 Å². The fourth-order valence-electron chi connectivity index (χ4n) is 1.62. The van der Waals surface area contributed by atoms with Gasteiger partial charge in [-0.15, -0.1) is 0 Å². The molecule has 18 heavy (non-hydrogen) atoms. The third-order valence-corrected chi connectivity index (χ3v) is 2.33. The minimum atomic E-state index is -1.39. The van der Waals surface area contributed by atoms with Crippen molar-refractivity contribution >= 4 is 17.7 Å². The zero-order valence-electron chi connectivity index (χ0n) is 9.12. The van der Waals surface area contributed by atoms with Crippen LogP contribution in [0.15, 0.2) is 18.2 Å². The smallest absolute Gasteiger partial charge is 0.270 e. The minimum Gasteiger partial charge on any atom is -0.545 e. The zero-order chi connectivity index (χ0) is 13.1. The van der Waals surface area contributed by atoms with E-state index in [0.717, 1.165) is 6.08 Å². The number of nitrogens with zero attached hydrogens (tertiary/aromatic N) is 1. The Balaban J connectivity index is 2.50. The Labute approximate surface area is 101 Å². The molecule has 1 aliphatic rings. The summed E-state index contributed by atoms with van der Waals surface area (Å²) in [6, 6.07) is 2.58. The van der Waals surface area contributed by atoms with Crippen molar-refractivity contribution in [3.63, 3.8) is 0 Å². The maximum atomic E-state index is 10.7. The summed E-state index contributed by atoms with van der Waals surface area (Å²) in [6.45, 7) is 0.208. The van der Waals surface area contributed by atoms with Crippen molar-refractivity contribution < 1.29 is 24.3 Å². The third-order valence-electron chi connectivity index (χ3n) is 2.33. The summed E-state index contributed by atoms with van der Waals surface area (Å²) in [5.74, 6) is -0.994. The lowest BCUT2D eigenvalue weighted by Gasteiger charge is -2.19. The van der Waals surface area contributed by atoms with Gasteiger partial charge in [-0.05, 0) is 12.2 Å². The van der Waals surface area contributed by atoms with Gasteiger partial charge in [0, 0.05) is 23.3 Å². The van der Waals surface area contributed by atoms with Gasteiger partial charge >= 0.3 is 0 Å². The van der Waals surface area contributed by atoms with Gasteiger partial charge in [0.05, 0.1) is 17.5 Å². The molecule has 0 radical (unpaired) electrons. The van der Waals surface area contributed by atoms with Gasteiger partial charge < -0.3 is 19.4 Å². The Bertz CT molecular complexity index is 537. The molecular weight excluding hydrogens is 242 g/mol. The number of hydrogen-bond acceptors (Lipinski definition) is 6. The van der Waals surface area contributed by atoms with Crippen LogP contribution < -0.4 is 9.84 Å². The van der Waals surface area contributed by atoms with E-state index in [0.29, 0.717) is 16.9 Å². The molecule has 7 heteroatoms. The van der Waals surface area contributed by atoms with Crippen molar-refractivity contribution in [1.29, 1.82) is 0 Å². The van der Waals surface area contributed by atoms with Crippen molar-refractivity contribution in [3.05, 3.63) is 39.4 Å². The van der Waals surface area contributed by atoms with Crippen LogP contribution >= 0.6 is 0 Å². The summed E-state index contributed by atoms with van der Waals surface area (Å²) >= 11 is 0. The van der Waals surface area contributed by atoms with Crippen LogP contribution in [0.1, 0.15) is 11.1 Å². The van der Waals surface area contributed by atoms with Crippen LogP contribution in [0.4, 0.5) is 5.69 Å². The van der Waals surface area contributed by atoms with E-state index in [1.54, 1.807) is 0 Å². The quantitative estimate of drug-likeness (QED) is 0.432. The molecule has 0 aliphatic carbocycles. The summed E-state index contributed by atoms with van der Waals surface area (Å²) in [5, 5.41) is 21.1. The molecule has 1 aliphatic heterocycles. The first-order valence-corrected chi connectivity index (χ1v) is 4.99. The largest absolute Gasteiger partial charge is 0.545 e. The summed E-state index contributed by atoms with van der Waals surface area (Å²) in [7, 11) is 0. The van der Waals surface area contributed by atoms with Crippen molar-refractivity contribution in [3.8, 4) is 5.75 Å². The number of carbonyl (C=O) groups is 1. The molecule has 0 unspecified atom stereocenters. The van der Waals surface area contributed by atoms with Crippen LogP contribution in [0.3, 0.4) is 0 Å². The van der Waals surface area contributed by atoms with Gasteiger partial charge in [-0.1, -0.05) is 0 Å². The third kappa shape index (κ3) is 2.46. The summed E-state index contributed by atoms with van der Waals surface area (Å²) in [6.07, 6.45) is 1.99. The van der Waals surface area contributed by atoms with Crippen molar-refractivity contribution in [2.24, 2.45) is 0 Å². The standard InChI is InChI=1S/C11H9NO6/c13-10(14)2-1-7-3-9(12(15)16)4-8-5-17-6-18-11(7)8/h1-4H,5-6H2,(H,13,14)/p-1/b2-1+. The Morgan fingerprint density at radius 2 is 2.22 bits per heavy atom. The van der Waals surface area contributed by atoms with Gasteiger partial charge in [-0.2, -0.15) is 0 Å². The average molecular weight is 250 g/mol. The first-order chi connectivity index (χ1) is 8.58. The molecule has 1 heterocycles. The van der Waals surface area contributed by atoms with Crippen LogP contribution in [0.5, 0.6) is 5.75 Å². The second-order valence-corrected chi connectivity index (χ2v) is 3.54. The van der Waals surface area contributed by atoms with Crippen LogP contribution in [0, 0.1) is 10.1 Å². The van der Waals surface area contributed by atoms with Crippen molar-refractivity contribution in [2.45, 2.75) is 6.61 Å². The fourth-order valence-corrected chi connectivity index (χ4v) is 1.62. The molecule has 1 aromatic carbocycles. The highest BCUT2D eigenvalue weighted by Crippen LogP contribution is 2.33. The molecule has 2 rings (SSSR count). The van der Waals surface area contributed by atoms with Crippen molar-refractivity contribution in [2.75, 3.05) is 6.79 Å². The Morgan fingerprint density at radius 1 is 1.44 bits per heavy atom. The second-order valence-electron chi connectivity index (χ2n) is 3.54. The molecule has 0 aromatic heterocycles. The predicted molar refractivity (Wildman–Crippen MR) is 57.4 cm³/mol. The Kier molecular flexibility index (Phi) is 3.24. The molecule has 0 fully saturated rings. The molecule has 0 saturated heterocycles. The second kappa shape index (κ2) is 4.84. The van der Waals surface area contributed by atoms with E-state index in [9.17, 15) is 20.0 Å². The van der Waals surface area contributed by atoms with E-state index in [1.807, 2.05) is 0 Å². The topological polar surface area (TPSA) is 102 Å². The molecule has 0 bridgehead atoms. The number of carboxylic acid groups (broad SMARTS) is 1. The number of hydrogen-bond donors (Lipinski definition) is 0. The van der Waals surface area contributed by atoms with Gasteiger partial charge in [-0.3, -0.25) is 10.1 Å². The number of ether oxygens (including phenoxy) is 2. The highest BCUT2D eigenvalue weighted by Gasteiger charge is 2.19. The van der Waals surface area contributed by atoms with E-state index in [-0.39, 0.29) is 19.1 Å². The maximum Gasteiger partial charge on any atom is 0.270 e. The van der Waals surface area contributed by atoms with Gasteiger partial charge in [-0.25, -0.2) is 0 Å². The first-order valence-electron chi connectivity index (χ1n) is 4.99. The van der Waals surface area contributed by atoms with Crippen LogP contribution in [-0.4, -0.2) is 17.7 Å². The highest BCUT2D eigenvalue weighted by molar-refractivity contribution is 5.84. The minimum absolute atomic E-state index is 0.0248. The number of non-ortho nitro benzene ring substituents is 1. The monoisotopic (exact) mass is 250 g/mol. The molecule has 0 saturated carbocycles. The number of carbonyl (C=O) groups excluding carboxylic acids is 1. The predicted octanol–water partition coefficient (Wildman–Crippen LogP) is 0.224. The van der Waals surface area contributed by atoms with Gasteiger partial charge in [0.25, 0.3) is 5.69 Å². The summed E-state index contributed by atoms with van der Waals surface area (Å²) in [4.78, 5) is 20.5. The van der Waals surface area contributed by atoms with Gasteiger partial charge in [0.15, 0.2) is 6.79 Å². The number of nitro benzene ring substituents is 1. The van der Waals surface area contributed by atoms with Crippen LogP contribution in [-0.2, 0) is 16.1 Å². The molecule has 0 amide bonds. The number of nitro groups is 1. The normalized spacial score (nSPS) is 14.0. The van der Waals surface area contributed by atoms with E-state index < -0.39 is 10.9 Å². The number of carboxylic acids is 1. The Hall–Kier alpha value is -2.41. The lowest BCUT2D eigenvalue weighted by molar-refractivity contribution is -0.385. The van der Waals surface area contributed by atoms with Crippen LogP contribution in [0.25, 0.3) is 6.08 Å². The molecule has 94 valence electrons. The van der Waals surface area contributed by atoms with E-state index in [4.69, 9.17) is 9.47 Å². The lowest BCUT2D eigenvalue weighted by atomic mass is 10.1. The average Bonchev–Trinajstić information content (AvgIpc) is 2.35. The molecule has 7 nitrogen and oxygen atoms in total. The molecular formula is C11H8NO6-. The number of aliphatic carboxylic acids is 1. The molecule has 0 spiro atoms. The number of fused-ring (bicyclic) bond motifs is 1.